The van der Waals surface area contributed by atoms with Gasteiger partial charge in [-0.1, -0.05) is 0 Å². The molecule has 1 N–H and O–H groups in total. The van der Waals surface area contributed by atoms with E-state index in [1.165, 1.54) is 12.1 Å². The van der Waals surface area contributed by atoms with Gasteiger partial charge in [0.05, 0.1) is 22.2 Å². The zero-order chi connectivity index (χ0) is 14.1. The summed E-state index contributed by atoms with van der Waals surface area (Å²) in [7, 11) is 0. The molecule has 1 aromatic heterocycles. The Morgan fingerprint density at radius 1 is 1.45 bits per heavy atom. The Morgan fingerprint density at radius 3 is 3.05 bits per heavy atom. The third-order valence-electron chi connectivity index (χ3n) is 3.52. The van der Waals surface area contributed by atoms with Crippen molar-refractivity contribution in [1.29, 1.82) is 0 Å². The van der Waals surface area contributed by atoms with Crippen LogP contribution in [0.25, 0.3) is 11.0 Å². The third kappa shape index (κ3) is 2.27. The van der Waals surface area contributed by atoms with E-state index in [1.54, 1.807) is 12.3 Å². The predicted molar refractivity (Wildman–Crippen MR) is 75.9 cm³/mol. The lowest BCUT2D eigenvalue weighted by molar-refractivity contribution is -0.384. The minimum Gasteiger partial charge on any atom is -0.350 e. The van der Waals surface area contributed by atoms with Gasteiger partial charge in [0.25, 0.3) is 5.69 Å². The first kappa shape index (κ1) is 12.7. The minimum absolute atomic E-state index is 0.0371. The molecular formula is C13H15N5O2. The van der Waals surface area contributed by atoms with Crippen LogP contribution in [0.5, 0.6) is 0 Å². The van der Waals surface area contributed by atoms with Gasteiger partial charge in [-0.25, -0.2) is 4.98 Å². The average Bonchev–Trinajstić information content (AvgIpc) is 2.46. The van der Waals surface area contributed by atoms with Crippen LogP contribution < -0.4 is 10.2 Å². The van der Waals surface area contributed by atoms with Gasteiger partial charge in [0.1, 0.15) is 5.82 Å². The summed E-state index contributed by atoms with van der Waals surface area (Å²) in [6.07, 6.45) is 1.69. The Bertz CT molecular complexity index is 660. The van der Waals surface area contributed by atoms with E-state index in [9.17, 15) is 10.1 Å². The smallest absolute Gasteiger partial charge is 0.271 e. The number of nitro groups is 1. The van der Waals surface area contributed by atoms with Crippen molar-refractivity contribution in [2.75, 3.05) is 24.5 Å². The maximum atomic E-state index is 10.7. The van der Waals surface area contributed by atoms with Crippen molar-refractivity contribution in [2.24, 2.45) is 0 Å². The molecule has 1 aliphatic heterocycles. The first-order valence-electron chi connectivity index (χ1n) is 6.54. The van der Waals surface area contributed by atoms with Crippen molar-refractivity contribution in [1.82, 2.24) is 15.3 Å². The van der Waals surface area contributed by atoms with E-state index in [0.717, 1.165) is 25.5 Å². The SMILES string of the molecule is C[C@H]1CNCCN1c1cnc2cc([N+](=O)[O-])ccc2n1. The molecule has 0 bridgehead atoms. The second-order valence-corrected chi connectivity index (χ2v) is 4.90. The molecule has 0 unspecified atom stereocenters. The Labute approximate surface area is 115 Å². The summed E-state index contributed by atoms with van der Waals surface area (Å²) in [6.45, 7) is 4.85. The van der Waals surface area contributed by atoms with Gasteiger partial charge in [-0.15, -0.1) is 0 Å². The molecule has 2 heterocycles. The molecule has 104 valence electrons. The number of anilines is 1. The molecule has 2 aromatic rings. The summed E-state index contributed by atoms with van der Waals surface area (Å²) < 4.78 is 0. The fraction of sp³-hybridized carbons (Fsp3) is 0.385. The first-order chi connectivity index (χ1) is 9.65. The van der Waals surface area contributed by atoms with Gasteiger partial charge in [-0.2, -0.15) is 0 Å². The summed E-state index contributed by atoms with van der Waals surface area (Å²) in [5.74, 6) is 0.820. The Hall–Kier alpha value is -2.28. The van der Waals surface area contributed by atoms with Crippen LogP contribution in [0.2, 0.25) is 0 Å². The number of hydrogen-bond donors (Lipinski definition) is 1. The van der Waals surface area contributed by atoms with E-state index >= 15 is 0 Å². The van der Waals surface area contributed by atoms with E-state index in [1.807, 2.05) is 0 Å². The van der Waals surface area contributed by atoms with Gasteiger partial charge in [-0.3, -0.25) is 15.1 Å². The zero-order valence-electron chi connectivity index (χ0n) is 11.1. The quantitative estimate of drug-likeness (QED) is 0.656. The number of fused-ring (bicyclic) bond motifs is 1. The zero-order valence-corrected chi connectivity index (χ0v) is 11.1. The molecule has 7 nitrogen and oxygen atoms in total. The second kappa shape index (κ2) is 5.01. The van der Waals surface area contributed by atoms with Gasteiger partial charge in [0.2, 0.25) is 0 Å². The topological polar surface area (TPSA) is 84.2 Å². The number of nitro benzene ring substituents is 1. The van der Waals surface area contributed by atoms with Crippen LogP contribution in [0.1, 0.15) is 6.92 Å². The van der Waals surface area contributed by atoms with Crippen molar-refractivity contribution < 1.29 is 4.92 Å². The monoisotopic (exact) mass is 273 g/mol. The lowest BCUT2D eigenvalue weighted by atomic mass is 10.2. The highest BCUT2D eigenvalue weighted by molar-refractivity contribution is 5.78. The molecule has 7 heteroatoms. The second-order valence-electron chi connectivity index (χ2n) is 4.90. The number of benzene rings is 1. The van der Waals surface area contributed by atoms with Gasteiger partial charge < -0.3 is 10.2 Å². The van der Waals surface area contributed by atoms with E-state index < -0.39 is 4.92 Å². The minimum atomic E-state index is -0.423. The highest BCUT2D eigenvalue weighted by atomic mass is 16.6. The number of non-ortho nitro benzene ring substituents is 1. The van der Waals surface area contributed by atoms with Gasteiger partial charge >= 0.3 is 0 Å². The summed E-state index contributed by atoms with van der Waals surface area (Å²) in [5.41, 5.74) is 1.26. The standard InChI is InChI=1S/C13H15N5O2/c1-9-7-14-4-5-17(9)13-8-15-12-6-10(18(19)20)2-3-11(12)16-13/h2-3,6,8-9,14H,4-5,7H2,1H3/t9-/m0/s1. The Morgan fingerprint density at radius 2 is 2.30 bits per heavy atom. The van der Waals surface area contributed by atoms with E-state index in [2.05, 4.69) is 27.1 Å². The van der Waals surface area contributed by atoms with Crippen LogP contribution in [0.3, 0.4) is 0 Å². The van der Waals surface area contributed by atoms with E-state index in [4.69, 9.17) is 0 Å². The molecular weight excluding hydrogens is 258 g/mol. The molecule has 1 atom stereocenters. The predicted octanol–water partition coefficient (Wildman–Crippen LogP) is 1.34. The van der Waals surface area contributed by atoms with Crippen LogP contribution in [0.4, 0.5) is 11.5 Å². The lowest BCUT2D eigenvalue weighted by Crippen LogP contribution is -2.50. The van der Waals surface area contributed by atoms with Crippen LogP contribution in [0.15, 0.2) is 24.4 Å². The highest BCUT2D eigenvalue weighted by Gasteiger charge is 2.20. The highest BCUT2D eigenvalue weighted by Crippen LogP contribution is 2.21. The average molecular weight is 273 g/mol. The molecule has 3 rings (SSSR count). The Kier molecular flexibility index (Phi) is 3.19. The normalized spacial score (nSPS) is 19.2. The van der Waals surface area contributed by atoms with Crippen molar-refractivity contribution in [3.63, 3.8) is 0 Å². The summed E-state index contributed by atoms with van der Waals surface area (Å²) >= 11 is 0. The molecule has 0 radical (unpaired) electrons. The van der Waals surface area contributed by atoms with Gasteiger partial charge in [-0.05, 0) is 13.0 Å². The number of aromatic nitrogens is 2. The number of nitrogens with one attached hydrogen (secondary N) is 1. The molecule has 0 aliphatic carbocycles. The first-order valence-corrected chi connectivity index (χ1v) is 6.54. The van der Waals surface area contributed by atoms with Crippen LogP contribution in [0, 0.1) is 10.1 Å². The molecule has 0 amide bonds. The largest absolute Gasteiger partial charge is 0.350 e. The fourth-order valence-electron chi connectivity index (χ4n) is 2.42. The molecule has 1 aliphatic rings. The van der Waals surface area contributed by atoms with Crippen molar-refractivity contribution in [3.8, 4) is 0 Å². The van der Waals surface area contributed by atoms with Crippen molar-refractivity contribution >= 4 is 22.5 Å². The molecule has 1 fully saturated rings. The number of piperazine rings is 1. The van der Waals surface area contributed by atoms with E-state index in [-0.39, 0.29) is 5.69 Å². The summed E-state index contributed by atoms with van der Waals surface area (Å²) in [4.78, 5) is 21.4. The molecule has 1 aromatic carbocycles. The van der Waals surface area contributed by atoms with Crippen molar-refractivity contribution in [2.45, 2.75) is 13.0 Å². The molecule has 0 spiro atoms. The molecule has 20 heavy (non-hydrogen) atoms. The van der Waals surface area contributed by atoms with E-state index in [0.29, 0.717) is 17.1 Å². The molecule has 0 saturated carbocycles. The van der Waals surface area contributed by atoms with Crippen LogP contribution in [-0.4, -0.2) is 40.6 Å². The maximum Gasteiger partial charge on any atom is 0.271 e. The lowest BCUT2D eigenvalue weighted by Gasteiger charge is -2.34. The number of nitrogens with zero attached hydrogens (tertiary/aromatic N) is 4. The number of rotatable bonds is 2. The van der Waals surface area contributed by atoms with Crippen molar-refractivity contribution in [3.05, 3.63) is 34.5 Å². The summed E-state index contributed by atoms with van der Waals surface area (Å²) in [5, 5.41) is 14.1. The maximum absolute atomic E-state index is 10.7. The van der Waals surface area contributed by atoms with Gasteiger partial charge in [0, 0.05) is 37.8 Å². The van der Waals surface area contributed by atoms with Crippen LogP contribution in [-0.2, 0) is 0 Å². The number of hydrogen-bond acceptors (Lipinski definition) is 6. The third-order valence-corrected chi connectivity index (χ3v) is 3.52. The fourth-order valence-corrected chi connectivity index (χ4v) is 2.42. The summed E-state index contributed by atoms with van der Waals surface area (Å²) in [6, 6.07) is 4.92. The van der Waals surface area contributed by atoms with Crippen LogP contribution >= 0.6 is 0 Å². The molecule has 1 saturated heterocycles. The Balaban J connectivity index is 1.98. The van der Waals surface area contributed by atoms with Gasteiger partial charge in [0.15, 0.2) is 0 Å².